The van der Waals surface area contributed by atoms with E-state index in [4.69, 9.17) is 4.74 Å². The first kappa shape index (κ1) is 16.2. The molecule has 5 heteroatoms. The van der Waals surface area contributed by atoms with Gasteiger partial charge in [-0.15, -0.1) is 0 Å². The Bertz CT molecular complexity index is 612. The van der Waals surface area contributed by atoms with Crippen LogP contribution in [-0.4, -0.2) is 24.3 Å². The van der Waals surface area contributed by atoms with Crippen LogP contribution in [0.1, 0.15) is 44.4 Å². The van der Waals surface area contributed by atoms with Gasteiger partial charge >= 0.3 is 6.09 Å². The van der Waals surface area contributed by atoms with E-state index in [2.05, 4.69) is 22.8 Å². The van der Waals surface area contributed by atoms with Crippen LogP contribution in [0.15, 0.2) is 12.1 Å². The highest BCUT2D eigenvalue weighted by atomic mass is 16.6. The van der Waals surface area contributed by atoms with Gasteiger partial charge in [0.15, 0.2) is 0 Å². The van der Waals surface area contributed by atoms with Crippen LogP contribution < -0.4 is 10.6 Å². The number of ether oxygens (including phenoxy) is 1. The third-order valence-corrected chi connectivity index (χ3v) is 3.40. The highest BCUT2D eigenvalue weighted by molar-refractivity contribution is 5.68. The summed E-state index contributed by atoms with van der Waals surface area (Å²) < 4.78 is 5.25. The van der Waals surface area contributed by atoms with Gasteiger partial charge in [-0.25, -0.2) is 4.79 Å². The van der Waals surface area contributed by atoms with Gasteiger partial charge in [0.05, 0.1) is 11.3 Å². The summed E-state index contributed by atoms with van der Waals surface area (Å²) in [6, 6.07) is 6.18. The Morgan fingerprint density at radius 2 is 2.23 bits per heavy atom. The van der Waals surface area contributed by atoms with Crippen LogP contribution >= 0.6 is 0 Å². The second-order valence-corrected chi connectivity index (χ2v) is 6.72. The molecule has 0 spiro atoms. The molecule has 0 aromatic heterocycles. The molecule has 0 saturated heterocycles. The molecule has 2 N–H and O–H groups in total. The largest absolute Gasteiger partial charge is 0.444 e. The number of carbonyl (C=O) groups is 1. The molecule has 0 bridgehead atoms. The van der Waals surface area contributed by atoms with Crippen molar-refractivity contribution < 1.29 is 9.53 Å². The average molecular weight is 301 g/mol. The van der Waals surface area contributed by atoms with E-state index in [9.17, 15) is 10.1 Å². The number of rotatable bonds is 3. The summed E-state index contributed by atoms with van der Waals surface area (Å²) >= 11 is 0. The molecule has 0 aliphatic carbocycles. The molecule has 1 aliphatic rings. The molecular weight excluding hydrogens is 278 g/mol. The predicted octanol–water partition coefficient (Wildman–Crippen LogP) is 2.98. The van der Waals surface area contributed by atoms with Crippen molar-refractivity contribution >= 4 is 11.8 Å². The number of nitrogens with one attached hydrogen (secondary N) is 2. The lowest BCUT2D eigenvalue weighted by molar-refractivity contribution is 0.0508. The first-order valence-corrected chi connectivity index (χ1v) is 7.58. The number of hydrogen-bond acceptors (Lipinski definition) is 4. The van der Waals surface area contributed by atoms with Gasteiger partial charge in [-0.2, -0.15) is 5.26 Å². The molecular formula is C17H23N3O2. The summed E-state index contributed by atoms with van der Waals surface area (Å²) in [4.78, 5) is 11.8. The number of fused-ring (bicyclic) bond motifs is 1. The third-order valence-electron chi connectivity index (χ3n) is 3.40. The predicted molar refractivity (Wildman–Crippen MR) is 85.9 cm³/mol. The molecule has 22 heavy (non-hydrogen) atoms. The van der Waals surface area contributed by atoms with E-state index in [-0.39, 0.29) is 6.04 Å². The Labute approximate surface area is 131 Å². The molecule has 118 valence electrons. The van der Waals surface area contributed by atoms with E-state index in [1.807, 2.05) is 33.8 Å². The van der Waals surface area contributed by atoms with Crippen LogP contribution in [0.3, 0.4) is 0 Å². The lowest BCUT2D eigenvalue weighted by Crippen LogP contribution is -2.38. The third kappa shape index (κ3) is 4.14. The zero-order valence-corrected chi connectivity index (χ0v) is 13.6. The maximum absolute atomic E-state index is 11.8. The quantitative estimate of drug-likeness (QED) is 0.900. The highest BCUT2D eigenvalue weighted by Gasteiger charge is 2.19. The van der Waals surface area contributed by atoms with Crippen LogP contribution in [0.25, 0.3) is 0 Å². The van der Waals surface area contributed by atoms with Crippen molar-refractivity contribution in [2.75, 3.05) is 11.9 Å². The van der Waals surface area contributed by atoms with Crippen molar-refractivity contribution in [2.45, 2.75) is 52.2 Å². The van der Waals surface area contributed by atoms with E-state index in [1.54, 1.807) is 0 Å². The topological polar surface area (TPSA) is 74.2 Å². The van der Waals surface area contributed by atoms with Crippen molar-refractivity contribution in [3.05, 3.63) is 28.8 Å². The second kappa shape index (κ2) is 6.27. The van der Waals surface area contributed by atoms with Gasteiger partial charge in [0.25, 0.3) is 0 Å². The minimum absolute atomic E-state index is 0.0613. The van der Waals surface area contributed by atoms with Crippen LogP contribution in [0.2, 0.25) is 0 Å². The molecule has 5 nitrogen and oxygen atoms in total. The van der Waals surface area contributed by atoms with Crippen LogP contribution in [0.4, 0.5) is 10.5 Å². The van der Waals surface area contributed by atoms with E-state index in [0.29, 0.717) is 12.0 Å². The zero-order valence-electron chi connectivity index (χ0n) is 13.6. The van der Waals surface area contributed by atoms with E-state index < -0.39 is 11.7 Å². The standard InChI is InChI=1S/C17H23N3O2/c1-11(20-16(21)22-17(2,3)4)7-12-8-13-5-6-19-15(13)14(9-12)10-18/h8-9,11,19H,5-7H2,1-4H3,(H,20,21). The Morgan fingerprint density at radius 3 is 2.86 bits per heavy atom. The van der Waals surface area contributed by atoms with Crippen molar-refractivity contribution in [2.24, 2.45) is 0 Å². The molecule has 1 aliphatic heterocycles. The van der Waals surface area contributed by atoms with Gasteiger partial charge in [0, 0.05) is 12.6 Å². The van der Waals surface area contributed by atoms with Crippen molar-refractivity contribution in [3.63, 3.8) is 0 Å². The Hall–Kier alpha value is -2.22. The molecule has 1 heterocycles. The smallest absolute Gasteiger partial charge is 0.407 e. The molecule has 0 radical (unpaired) electrons. The summed E-state index contributed by atoms with van der Waals surface area (Å²) in [5.41, 5.74) is 3.37. The SMILES string of the molecule is CC(Cc1cc(C#N)c2c(c1)CCN2)NC(=O)OC(C)(C)C. The molecule has 1 unspecified atom stereocenters. The molecule has 0 saturated carbocycles. The minimum atomic E-state index is -0.503. The molecule has 2 rings (SSSR count). The molecule has 1 aromatic rings. The molecule has 1 atom stereocenters. The first-order valence-electron chi connectivity index (χ1n) is 7.58. The number of alkyl carbamates (subject to hydrolysis) is 1. The monoisotopic (exact) mass is 301 g/mol. The summed E-state index contributed by atoms with van der Waals surface area (Å²) in [6.07, 6.45) is 1.19. The normalized spacial score (nSPS) is 14.5. The zero-order chi connectivity index (χ0) is 16.3. The molecule has 1 amide bonds. The summed E-state index contributed by atoms with van der Waals surface area (Å²) in [7, 11) is 0. The number of benzene rings is 1. The Kier molecular flexibility index (Phi) is 4.60. The average Bonchev–Trinajstić information content (AvgIpc) is 2.83. The molecule has 0 fully saturated rings. The number of amides is 1. The minimum Gasteiger partial charge on any atom is -0.444 e. The fraction of sp³-hybridized carbons (Fsp3) is 0.529. The van der Waals surface area contributed by atoms with Crippen molar-refractivity contribution in [1.29, 1.82) is 5.26 Å². The van der Waals surface area contributed by atoms with E-state index in [0.717, 1.165) is 24.2 Å². The number of carbonyl (C=O) groups excluding carboxylic acids is 1. The van der Waals surface area contributed by atoms with E-state index >= 15 is 0 Å². The van der Waals surface area contributed by atoms with Gasteiger partial charge in [0.2, 0.25) is 0 Å². The molecule has 1 aromatic carbocycles. The Morgan fingerprint density at radius 1 is 1.50 bits per heavy atom. The van der Waals surface area contributed by atoms with Crippen LogP contribution in [0, 0.1) is 11.3 Å². The number of anilines is 1. The summed E-state index contributed by atoms with van der Waals surface area (Å²) in [6.45, 7) is 8.32. The number of nitriles is 1. The van der Waals surface area contributed by atoms with Crippen LogP contribution in [0.5, 0.6) is 0 Å². The lowest BCUT2D eigenvalue weighted by atomic mass is 9.99. The van der Waals surface area contributed by atoms with E-state index in [1.165, 1.54) is 5.56 Å². The van der Waals surface area contributed by atoms with Gasteiger partial charge in [-0.05, 0) is 57.7 Å². The van der Waals surface area contributed by atoms with Crippen LogP contribution in [-0.2, 0) is 17.6 Å². The number of nitrogens with zero attached hydrogens (tertiary/aromatic N) is 1. The van der Waals surface area contributed by atoms with Gasteiger partial charge < -0.3 is 15.4 Å². The lowest BCUT2D eigenvalue weighted by Gasteiger charge is -2.22. The maximum Gasteiger partial charge on any atom is 0.407 e. The highest BCUT2D eigenvalue weighted by Crippen LogP contribution is 2.28. The fourth-order valence-electron chi connectivity index (χ4n) is 2.62. The second-order valence-electron chi connectivity index (χ2n) is 6.72. The van der Waals surface area contributed by atoms with Gasteiger partial charge in [-0.1, -0.05) is 6.07 Å². The van der Waals surface area contributed by atoms with Crippen molar-refractivity contribution in [3.8, 4) is 6.07 Å². The number of hydrogen-bond donors (Lipinski definition) is 2. The van der Waals surface area contributed by atoms with Crippen molar-refractivity contribution in [1.82, 2.24) is 5.32 Å². The first-order chi connectivity index (χ1) is 10.3. The summed E-state index contributed by atoms with van der Waals surface area (Å²) in [5.74, 6) is 0. The maximum atomic E-state index is 11.8. The van der Waals surface area contributed by atoms with Gasteiger partial charge in [0.1, 0.15) is 11.7 Å². The Balaban J connectivity index is 2.02. The fourth-order valence-corrected chi connectivity index (χ4v) is 2.62. The van der Waals surface area contributed by atoms with Gasteiger partial charge in [-0.3, -0.25) is 0 Å². The summed E-state index contributed by atoms with van der Waals surface area (Å²) in [5, 5.41) is 15.3.